The number of ether oxygens (including phenoxy) is 7. The van der Waals surface area contributed by atoms with Crippen molar-refractivity contribution < 1.29 is 61.3 Å². The lowest BCUT2D eigenvalue weighted by Gasteiger charge is -2.02. The topological polar surface area (TPSA) is 167 Å². The Morgan fingerprint density at radius 3 is 1.00 bits per heavy atom. The van der Waals surface area contributed by atoms with Gasteiger partial charge in [0.05, 0.1) is 46.8 Å². The molecule has 0 aromatic heterocycles. The second-order valence-corrected chi connectivity index (χ2v) is 8.90. The molecule has 0 aromatic rings. The predicted octanol–water partition coefficient (Wildman–Crippen LogP) is 5.62. The van der Waals surface area contributed by atoms with E-state index in [-0.39, 0.29) is 17.9 Å². The van der Waals surface area contributed by atoms with Gasteiger partial charge in [-0.05, 0) is 39.5 Å². The molecule has 0 aliphatic carbocycles. The van der Waals surface area contributed by atoms with Gasteiger partial charge in [-0.2, -0.15) is 0 Å². The lowest BCUT2D eigenvalue weighted by atomic mass is 10.5. The summed E-state index contributed by atoms with van der Waals surface area (Å²) in [6.45, 7) is 18.8. The molecule has 0 aliphatic rings. The van der Waals surface area contributed by atoms with E-state index in [9.17, 15) is 28.2 Å². The fourth-order valence-electron chi connectivity index (χ4n) is 1.37. The van der Waals surface area contributed by atoms with E-state index in [4.69, 9.17) is 0 Å². The number of carbonyl (C=O) groups excluding carboxylic acids is 5. The summed E-state index contributed by atoms with van der Waals surface area (Å²) in [7, 11) is 0.679. The third kappa shape index (κ3) is 90.6. The molecule has 0 saturated carbocycles. The first-order valence-electron chi connectivity index (χ1n) is 13.9. The van der Waals surface area contributed by atoms with Gasteiger partial charge in [-0.25, -0.2) is 9.59 Å². The molecule has 0 N–H and O–H groups in total. The van der Waals surface area contributed by atoms with Crippen molar-refractivity contribution in [3.8, 4) is 0 Å². The maximum Gasteiger partial charge on any atom is 0.508 e. The summed E-state index contributed by atoms with van der Waals surface area (Å²) in [5, 5.41) is 0. The number of esters is 3. The van der Waals surface area contributed by atoms with Crippen LogP contribution in [-0.4, -0.2) is 93.7 Å². The summed E-state index contributed by atoms with van der Waals surface area (Å²) in [6.07, 6.45) is 6.00. The van der Waals surface area contributed by atoms with Crippen LogP contribution in [0.25, 0.3) is 0 Å². The molecule has 254 valence electrons. The van der Waals surface area contributed by atoms with E-state index < -0.39 is 23.1 Å². The lowest BCUT2D eigenvalue weighted by molar-refractivity contribution is -0.143. The molecule has 0 aliphatic heterocycles. The highest BCUT2D eigenvalue weighted by atomic mass is 32.2. The molecule has 0 radical (unpaired) electrons. The number of methoxy groups -OCH3 is 1. The molecule has 0 spiro atoms. The average molecular weight is 635 g/mol. The first-order valence-corrected chi connectivity index (χ1v) is 15.8. The second kappa shape index (κ2) is 47.9. The van der Waals surface area contributed by atoms with Crippen LogP contribution in [0.3, 0.4) is 0 Å². The number of rotatable bonds is 11. The second-order valence-electron chi connectivity index (χ2n) is 7.41. The molecule has 42 heavy (non-hydrogen) atoms. The van der Waals surface area contributed by atoms with Gasteiger partial charge in [0, 0.05) is 43.6 Å². The molecule has 0 rings (SSSR count). The number of carbonyl (C=O) groups is 5. The van der Waals surface area contributed by atoms with Gasteiger partial charge in [-0.15, -0.1) is 0 Å². The number of hydrogen-bond acceptors (Lipinski definition) is 13. The minimum absolute atomic E-state index is 0.123. The SMILES string of the molecule is CCCOC(=O)OC.CCCOC(=O)OCCC.CCCOC(C)=O.CCOC(=O)CC.CCOC(C)=O.CS(C)=O. The fourth-order valence-corrected chi connectivity index (χ4v) is 1.37. The standard InChI is InChI=1S/C7H14O3.C5H10O3.2C5H10O2.C4H8O2.C2H6OS/c1-3-5-9-7(8)10-6-4-2;1-3-4-8-5(6)7-2;1-3-4-7-5(2)6;1-3-5(6)7-4-2;1-3-6-4(2)5;1-4(2)3/h3-6H2,1-2H3;3-4H2,1-2H3;2*3-4H2,1-2H3;3H2,1-2H3;1-2H3. The van der Waals surface area contributed by atoms with E-state index in [1.165, 1.54) is 21.0 Å². The van der Waals surface area contributed by atoms with Crippen molar-refractivity contribution in [2.45, 2.75) is 94.4 Å². The Kier molecular flexibility index (Phi) is 59.0. The number of hydrogen-bond donors (Lipinski definition) is 0. The molecule has 14 heteroatoms. The Morgan fingerprint density at radius 1 is 0.524 bits per heavy atom. The fraction of sp³-hybridized carbons (Fsp3) is 0.821. The molecule has 0 saturated heterocycles. The van der Waals surface area contributed by atoms with Crippen molar-refractivity contribution in [1.82, 2.24) is 0 Å². The van der Waals surface area contributed by atoms with Gasteiger partial charge < -0.3 is 33.2 Å². The summed E-state index contributed by atoms with van der Waals surface area (Å²) in [6, 6.07) is 0. The zero-order chi connectivity index (χ0) is 34.2. The van der Waals surface area contributed by atoms with E-state index in [0.29, 0.717) is 46.1 Å². The quantitative estimate of drug-likeness (QED) is 0.203. The molecule has 13 nitrogen and oxygen atoms in total. The first kappa shape index (κ1) is 51.8. The van der Waals surface area contributed by atoms with Gasteiger partial charge in [0.1, 0.15) is 0 Å². The molecule has 0 unspecified atom stereocenters. The van der Waals surface area contributed by atoms with Crippen LogP contribution in [0.5, 0.6) is 0 Å². The van der Waals surface area contributed by atoms with Crippen molar-refractivity contribution in [2.75, 3.05) is 59.3 Å². The summed E-state index contributed by atoms with van der Waals surface area (Å²) in [5.74, 6) is -0.526. The molecule has 0 fully saturated rings. The summed E-state index contributed by atoms with van der Waals surface area (Å²) < 4.78 is 41.0. The average Bonchev–Trinajstić information content (AvgIpc) is 2.93. The normalized spacial score (nSPS) is 8.40. The van der Waals surface area contributed by atoms with Crippen molar-refractivity contribution in [2.24, 2.45) is 0 Å². The minimum atomic E-state index is -0.611. The van der Waals surface area contributed by atoms with E-state index >= 15 is 0 Å². The molecular formula is C28H58O13S. The Morgan fingerprint density at radius 2 is 0.833 bits per heavy atom. The maximum atomic E-state index is 10.5. The van der Waals surface area contributed by atoms with Gasteiger partial charge >= 0.3 is 30.2 Å². The van der Waals surface area contributed by atoms with Crippen LogP contribution in [0.15, 0.2) is 0 Å². The zero-order valence-corrected chi connectivity index (χ0v) is 28.8. The molecule has 0 heterocycles. The smallest absolute Gasteiger partial charge is 0.466 e. The Balaban J connectivity index is -0.0000000943. The molecule has 0 amide bonds. The van der Waals surface area contributed by atoms with Crippen LogP contribution in [0.2, 0.25) is 0 Å². The molecular weight excluding hydrogens is 576 g/mol. The van der Waals surface area contributed by atoms with Gasteiger partial charge in [-0.3, -0.25) is 18.6 Å². The lowest BCUT2D eigenvalue weighted by Crippen LogP contribution is -2.08. The monoisotopic (exact) mass is 634 g/mol. The summed E-state index contributed by atoms with van der Waals surface area (Å²) >= 11 is 0. The highest BCUT2D eigenvalue weighted by Crippen LogP contribution is 1.88. The van der Waals surface area contributed by atoms with Crippen molar-refractivity contribution in [1.29, 1.82) is 0 Å². The predicted molar refractivity (Wildman–Crippen MR) is 163 cm³/mol. The Bertz CT molecular complexity index is 627. The molecule has 0 atom stereocenters. The van der Waals surface area contributed by atoms with Gasteiger partial charge in [-0.1, -0.05) is 34.6 Å². The van der Waals surface area contributed by atoms with Crippen molar-refractivity contribution in [3.05, 3.63) is 0 Å². The summed E-state index contributed by atoms with van der Waals surface area (Å²) in [4.78, 5) is 50.6. The largest absolute Gasteiger partial charge is 0.508 e. The van der Waals surface area contributed by atoms with E-state index in [0.717, 1.165) is 25.7 Å². The third-order valence-corrected chi connectivity index (χ3v) is 2.89. The zero-order valence-electron chi connectivity index (χ0n) is 28.0. The first-order chi connectivity index (χ1) is 19.7. The van der Waals surface area contributed by atoms with Crippen molar-refractivity contribution >= 4 is 41.0 Å². The van der Waals surface area contributed by atoms with Crippen LogP contribution in [0.4, 0.5) is 9.59 Å². The van der Waals surface area contributed by atoms with Crippen molar-refractivity contribution in [3.63, 3.8) is 0 Å². The van der Waals surface area contributed by atoms with Crippen LogP contribution >= 0.6 is 0 Å². The van der Waals surface area contributed by atoms with Crippen LogP contribution in [-0.2, 0) is 58.3 Å². The summed E-state index contributed by atoms with van der Waals surface area (Å²) in [5.41, 5.74) is 0. The van der Waals surface area contributed by atoms with Gasteiger partial charge in [0.25, 0.3) is 0 Å². The van der Waals surface area contributed by atoms with Crippen LogP contribution in [0, 0.1) is 0 Å². The van der Waals surface area contributed by atoms with E-state index in [2.05, 4.69) is 33.2 Å². The van der Waals surface area contributed by atoms with Crippen LogP contribution in [0.1, 0.15) is 94.4 Å². The Hall–Kier alpha value is -2.90. The molecule has 0 bridgehead atoms. The maximum absolute atomic E-state index is 10.5. The Labute approximate surface area is 256 Å². The van der Waals surface area contributed by atoms with E-state index in [1.807, 2.05) is 27.7 Å². The third-order valence-electron chi connectivity index (χ3n) is 2.89. The van der Waals surface area contributed by atoms with Crippen LogP contribution < -0.4 is 0 Å². The van der Waals surface area contributed by atoms with E-state index in [1.54, 1.807) is 33.3 Å². The molecule has 0 aromatic carbocycles. The van der Waals surface area contributed by atoms with Gasteiger partial charge in [0.15, 0.2) is 0 Å². The van der Waals surface area contributed by atoms with Gasteiger partial charge in [0.2, 0.25) is 0 Å². The highest BCUT2D eigenvalue weighted by Gasteiger charge is 1.99. The minimum Gasteiger partial charge on any atom is -0.466 e. The highest BCUT2D eigenvalue weighted by molar-refractivity contribution is 7.83.